The van der Waals surface area contributed by atoms with E-state index in [9.17, 15) is 23.1 Å². The number of sulfonamides is 1. The van der Waals surface area contributed by atoms with Gasteiger partial charge in [0.1, 0.15) is 12.7 Å². The first kappa shape index (κ1) is 35.4. The number of nitrogens with one attached hydrogen (secondary N) is 2. The van der Waals surface area contributed by atoms with Crippen molar-refractivity contribution in [2.24, 2.45) is 22.7 Å². The summed E-state index contributed by atoms with van der Waals surface area (Å²) in [4.78, 5) is 26.3. The third-order valence-corrected chi connectivity index (χ3v) is 12.5. The summed E-state index contributed by atoms with van der Waals surface area (Å²) in [6, 6.07) is 6.45. The van der Waals surface area contributed by atoms with Crippen molar-refractivity contribution in [2.75, 3.05) is 32.8 Å². The molecule has 4 aliphatic rings. The van der Waals surface area contributed by atoms with Gasteiger partial charge >= 0.3 is 5.97 Å². The van der Waals surface area contributed by atoms with Crippen LogP contribution in [0, 0.1) is 22.7 Å². The molecule has 0 bridgehead atoms. The number of benzene rings is 1. The normalized spacial score (nSPS) is 29.6. The number of cyclic esters (lactones) is 1. The van der Waals surface area contributed by atoms with Crippen molar-refractivity contribution in [2.45, 2.75) is 76.7 Å². The number of hydrogen-bond donors (Lipinski definition) is 3. The van der Waals surface area contributed by atoms with Gasteiger partial charge in [0.05, 0.1) is 10.5 Å². The van der Waals surface area contributed by atoms with Crippen molar-refractivity contribution in [3.63, 3.8) is 0 Å². The summed E-state index contributed by atoms with van der Waals surface area (Å²) in [5.41, 5.74) is 2.12. The monoisotopic (exact) mass is 661 g/mol. The number of nitrogens with zero attached hydrogens (tertiary/aromatic N) is 1. The second-order valence-corrected chi connectivity index (χ2v) is 15.6. The first-order valence-corrected chi connectivity index (χ1v) is 17.3. The molecule has 1 aromatic carbocycles. The Labute approximate surface area is 273 Å². The summed E-state index contributed by atoms with van der Waals surface area (Å²) in [6.07, 6.45) is 10.4. The molecule has 6 rings (SSSR count). The van der Waals surface area contributed by atoms with Gasteiger partial charge in [0.15, 0.2) is 0 Å². The number of aliphatic hydroxyl groups is 1. The minimum atomic E-state index is -3.59. The maximum absolute atomic E-state index is 12.9. The van der Waals surface area contributed by atoms with Crippen LogP contribution in [0.1, 0.15) is 65.7 Å². The van der Waals surface area contributed by atoms with Crippen molar-refractivity contribution < 1.29 is 23.1 Å². The highest BCUT2D eigenvalue weighted by molar-refractivity contribution is 7.89. The van der Waals surface area contributed by atoms with Crippen LogP contribution in [0.3, 0.4) is 0 Å². The molecule has 0 amide bonds. The fourth-order valence-electron chi connectivity index (χ4n) is 8.26. The van der Waals surface area contributed by atoms with E-state index in [1.807, 2.05) is 6.08 Å². The highest BCUT2D eigenvalue weighted by Crippen LogP contribution is 2.61. The Morgan fingerprint density at radius 3 is 2.60 bits per heavy atom. The molecule has 45 heavy (non-hydrogen) atoms. The van der Waals surface area contributed by atoms with E-state index in [1.54, 1.807) is 24.3 Å². The average Bonchev–Trinajstić information content (AvgIpc) is 3.15. The van der Waals surface area contributed by atoms with Crippen LogP contribution in [0.5, 0.6) is 0 Å². The van der Waals surface area contributed by atoms with E-state index >= 15 is 0 Å². The van der Waals surface area contributed by atoms with E-state index in [-0.39, 0.29) is 40.9 Å². The number of pyridine rings is 1. The number of rotatable bonds is 4. The third-order valence-electron chi connectivity index (χ3n) is 10.6. The smallest absolute Gasteiger partial charge is 0.336 e. The van der Waals surface area contributed by atoms with Crippen LogP contribution in [0.2, 0.25) is 0 Å². The van der Waals surface area contributed by atoms with E-state index in [2.05, 4.69) is 37.7 Å². The Bertz CT molecular complexity index is 1590. The molecule has 0 radical (unpaired) electrons. The highest BCUT2D eigenvalue weighted by atomic mass is 35.5. The molecule has 1 unspecified atom stereocenters. The topological polar surface area (TPSA) is 129 Å². The molecular weight excluding hydrogens is 614 g/mol. The molecule has 4 fully saturated rings. The lowest BCUT2D eigenvalue weighted by molar-refractivity contribution is -0.135. The molecule has 248 valence electrons. The van der Waals surface area contributed by atoms with Gasteiger partial charge in [-0.2, -0.15) is 4.31 Å². The lowest BCUT2D eigenvalue weighted by Crippen LogP contribution is -2.49. The lowest BCUT2D eigenvalue weighted by atomic mass is 9.47. The maximum atomic E-state index is 12.9. The van der Waals surface area contributed by atoms with Crippen molar-refractivity contribution in [1.82, 2.24) is 14.6 Å². The zero-order chi connectivity index (χ0) is 31.7. The Morgan fingerprint density at radius 1 is 1.09 bits per heavy atom. The number of hydrogen-bond acceptors (Lipinski definition) is 7. The lowest BCUT2D eigenvalue weighted by Gasteiger charge is -2.58. The van der Waals surface area contributed by atoms with Crippen molar-refractivity contribution in [3.05, 3.63) is 64.6 Å². The van der Waals surface area contributed by atoms with Crippen LogP contribution in [0.25, 0.3) is 10.8 Å². The molecule has 1 aromatic heterocycles. The molecule has 2 aliphatic carbocycles. The van der Waals surface area contributed by atoms with Crippen LogP contribution in [0.4, 0.5) is 0 Å². The summed E-state index contributed by atoms with van der Waals surface area (Å²) in [6.45, 7) is 14.1. The van der Waals surface area contributed by atoms with Crippen LogP contribution >= 0.6 is 12.4 Å². The molecule has 3 N–H and O–H groups in total. The van der Waals surface area contributed by atoms with Gasteiger partial charge in [-0.15, -0.1) is 12.4 Å². The summed E-state index contributed by atoms with van der Waals surface area (Å²) in [5, 5.41) is 13.9. The Hall–Kier alpha value is -2.50. The van der Waals surface area contributed by atoms with Crippen molar-refractivity contribution in [3.8, 4) is 0 Å². The van der Waals surface area contributed by atoms with E-state index in [1.165, 1.54) is 41.8 Å². The van der Waals surface area contributed by atoms with Gasteiger partial charge in [0.2, 0.25) is 10.0 Å². The quantitative estimate of drug-likeness (QED) is 0.240. The Morgan fingerprint density at radius 2 is 1.87 bits per heavy atom. The van der Waals surface area contributed by atoms with Gasteiger partial charge in [0, 0.05) is 36.6 Å². The van der Waals surface area contributed by atoms with Gasteiger partial charge in [0.25, 0.3) is 5.56 Å². The van der Waals surface area contributed by atoms with Crippen LogP contribution in [-0.2, 0) is 19.6 Å². The number of fused-ring (bicyclic) bond motifs is 2. The SMILES string of the molecule is C=C1CC[C@H]2C(C)(C)CCC[C@]2(C)[C@H]1C/C=C1/C(=O)OCC1O.Cl.O=c1[nH]ccc2c(S(=O)(=O)N3CCCNCC3)cccc12. The predicted molar refractivity (Wildman–Crippen MR) is 179 cm³/mol. The number of ether oxygens (including phenoxy) is 1. The molecule has 0 spiro atoms. The van der Waals surface area contributed by atoms with Gasteiger partial charge in [-0.3, -0.25) is 4.79 Å². The minimum Gasteiger partial charge on any atom is -0.459 e. The number of halogens is 1. The number of aliphatic hydroxyl groups excluding tert-OH is 1. The van der Waals surface area contributed by atoms with Crippen molar-refractivity contribution >= 4 is 39.2 Å². The molecule has 2 aromatic rings. The highest BCUT2D eigenvalue weighted by Gasteiger charge is 2.52. The summed E-state index contributed by atoms with van der Waals surface area (Å²) in [5.74, 6) is 0.747. The largest absolute Gasteiger partial charge is 0.459 e. The average molecular weight is 662 g/mol. The van der Waals surface area contributed by atoms with Crippen LogP contribution < -0.4 is 10.9 Å². The summed E-state index contributed by atoms with van der Waals surface area (Å²) < 4.78 is 32.1. The molecule has 3 heterocycles. The number of aromatic amines is 1. The number of esters is 1. The van der Waals surface area contributed by atoms with E-state index in [0.29, 0.717) is 53.2 Å². The third kappa shape index (κ3) is 7.10. The number of carbonyl (C=O) groups is 1. The molecule has 9 nitrogen and oxygen atoms in total. The second-order valence-electron chi connectivity index (χ2n) is 13.7. The predicted octanol–water partition coefficient (Wildman–Crippen LogP) is 4.95. The molecule has 4 atom stereocenters. The maximum Gasteiger partial charge on any atom is 0.336 e. The molecular formula is C34H48ClN3O6S. The van der Waals surface area contributed by atoms with Gasteiger partial charge in [-0.05, 0) is 85.9 Å². The number of H-pyrrole nitrogens is 1. The fraction of sp³-hybridized carbons (Fsp3) is 0.588. The van der Waals surface area contributed by atoms with Crippen molar-refractivity contribution in [1.29, 1.82) is 0 Å². The zero-order valence-electron chi connectivity index (χ0n) is 26.6. The molecule has 11 heteroatoms. The number of allylic oxidation sites excluding steroid dienone is 2. The van der Waals surface area contributed by atoms with Gasteiger partial charge < -0.3 is 20.1 Å². The second kappa shape index (κ2) is 14.1. The molecule has 2 aliphatic heterocycles. The fourth-order valence-corrected chi connectivity index (χ4v) is 9.94. The number of carbonyl (C=O) groups excluding carboxylic acids is 1. The van der Waals surface area contributed by atoms with E-state index in [0.717, 1.165) is 25.8 Å². The Balaban J connectivity index is 0.000000201. The first-order valence-electron chi connectivity index (χ1n) is 15.9. The van der Waals surface area contributed by atoms with Crippen LogP contribution in [0.15, 0.2) is 64.0 Å². The van der Waals surface area contributed by atoms with Crippen LogP contribution in [-0.4, -0.2) is 67.7 Å². The van der Waals surface area contributed by atoms with E-state index < -0.39 is 16.1 Å². The minimum absolute atomic E-state index is 0. The summed E-state index contributed by atoms with van der Waals surface area (Å²) in [7, 11) is -3.59. The molecule has 2 saturated carbocycles. The zero-order valence-corrected chi connectivity index (χ0v) is 28.3. The number of aromatic nitrogens is 1. The molecule has 2 saturated heterocycles. The standard InChI is InChI=1S/C20H30O3.C14H17N3O3S.ClH/c1-13-6-9-17-19(2,3)10-5-11-20(17,4)15(13)8-7-14-16(21)12-23-18(14)22;18-14-12-3-1-4-13(11(12)5-7-16-14)21(19,20)17-9-2-6-15-8-10-17;/h7,15-17,21H,1,5-6,8-12H2,2-4H3;1,3-5,7,15H,2,6,8-10H2,(H,16,18);1H/b14-7+;;/t15-,16?,17-,20+;;/m0../s1. The Kier molecular flexibility index (Phi) is 11.1. The first-order chi connectivity index (χ1) is 20.9. The van der Waals surface area contributed by atoms with Gasteiger partial charge in [-0.25, -0.2) is 13.2 Å². The van der Waals surface area contributed by atoms with Gasteiger partial charge in [-0.1, -0.05) is 51.5 Å². The van der Waals surface area contributed by atoms with E-state index in [4.69, 9.17) is 4.74 Å². The summed E-state index contributed by atoms with van der Waals surface area (Å²) >= 11 is 0.